The van der Waals surface area contributed by atoms with Crippen molar-refractivity contribution in [1.82, 2.24) is 15.3 Å². The van der Waals surface area contributed by atoms with Crippen molar-refractivity contribution in [3.05, 3.63) is 70.1 Å². The van der Waals surface area contributed by atoms with Crippen LogP contribution in [-0.4, -0.2) is 52.3 Å². The Hall–Kier alpha value is -4.30. The number of halogens is 4. The van der Waals surface area contributed by atoms with E-state index < -0.39 is 47.1 Å². The standard InChI is InChI=1S/C32H28F4N4O5S/c1-30(29(37)42)14-44-26-20(30)12-23(39-24(26)15-4-6-18(33)7-5-15)31(43,32(34,35)36)13-38-27(41)17-10-21(45-19-8-9-19)25-22(11-17)46-28(40-25)16-2-3-16/h4-7,10-12,16,19,43H,2-3,8-9,13-14H2,1H3,(H2,37,42)(H,38,41)/t30-,31?/m0/s1. The Balaban J connectivity index is 1.26. The Labute approximate surface area is 263 Å². The number of alkyl halides is 3. The fourth-order valence-corrected chi connectivity index (χ4v) is 6.55. The number of nitrogens with zero attached hydrogens (tertiary/aromatic N) is 2. The third kappa shape index (κ3) is 5.22. The van der Waals surface area contributed by atoms with E-state index in [2.05, 4.69) is 10.3 Å². The molecule has 3 heterocycles. The Morgan fingerprint density at radius 3 is 2.48 bits per heavy atom. The number of carbonyl (C=O) groups is 2. The molecule has 2 aliphatic carbocycles. The number of carbonyl (C=O) groups excluding carboxylic acids is 2. The van der Waals surface area contributed by atoms with Crippen LogP contribution in [0.25, 0.3) is 21.5 Å². The molecule has 2 aromatic heterocycles. The van der Waals surface area contributed by atoms with Gasteiger partial charge >= 0.3 is 6.18 Å². The molecule has 0 spiro atoms. The highest BCUT2D eigenvalue weighted by atomic mass is 32.1. The van der Waals surface area contributed by atoms with Gasteiger partial charge in [-0.3, -0.25) is 9.59 Å². The maximum atomic E-state index is 14.8. The maximum Gasteiger partial charge on any atom is 0.424 e. The van der Waals surface area contributed by atoms with Crippen LogP contribution < -0.4 is 20.5 Å². The molecule has 0 bridgehead atoms. The van der Waals surface area contributed by atoms with Crippen LogP contribution in [-0.2, 0) is 15.8 Å². The fraction of sp³-hybridized carbons (Fsp3) is 0.375. The third-order valence-electron chi connectivity index (χ3n) is 8.61. The SMILES string of the molecule is C[C@]1(C(N)=O)COc2c1cc(C(O)(CNC(=O)c1cc(OC3CC3)c3nc(C4CC4)sc3c1)C(F)(F)F)nc2-c1ccc(F)cc1. The second kappa shape index (κ2) is 10.6. The third-order valence-corrected chi connectivity index (χ3v) is 9.78. The van der Waals surface area contributed by atoms with Crippen molar-refractivity contribution in [3.8, 4) is 22.8 Å². The van der Waals surface area contributed by atoms with E-state index in [0.717, 1.165) is 48.9 Å². The van der Waals surface area contributed by atoms with Gasteiger partial charge in [0.15, 0.2) is 0 Å². The number of primary amides is 1. The van der Waals surface area contributed by atoms with Crippen molar-refractivity contribution in [1.29, 1.82) is 0 Å². The van der Waals surface area contributed by atoms with E-state index in [1.54, 1.807) is 6.07 Å². The van der Waals surface area contributed by atoms with E-state index >= 15 is 0 Å². The molecule has 1 aliphatic heterocycles. The summed E-state index contributed by atoms with van der Waals surface area (Å²) in [5.74, 6) is -1.63. The van der Waals surface area contributed by atoms with Gasteiger partial charge in [-0.05, 0) is 75.1 Å². The monoisotopic (exact) mass is 656 g/mol. The Morgan fingerprint density at radius 2 is 1.85 bits per heavy atom. The zero-order chi connectivity index (χ0) is 32.6. The van der Waals surface area contributed by atoms with Gasteiger partial charge in [-0.1, -0.05) is 0 Å². The molecule has 2 fully saturated rings. The predicted molar refractivity (Wildman–Crippen MR) is 159 cm³/mol. The number of aromatic nitrogens is 2. The van der Waals surface area contributed by atoms with Crippen LogP contribution in [0.3, 0.4) is 0 Å². The Bertz CT molecular complexity index is 1890. The first-order chi connectivity index (χ1) is 21.8. The molecule has 240 valence electrons. The fourth-order valence-electron chi connectivity index (χ4n) is 5.36. The van der Waals surface area contributed by atoms with Crippen LogP contribution in [0.15, 0.2) is 42.5 Å². The molecule has 2 atom stereocenters. The lowest BCUT2D eigenvalue weighted by atomic mass is 9.81. The van der Waals surface area contributed by atoms with Gasteiger partial charge in [0, 0.05) is 22.6 Å². The summed E-state index contributed by atoms with van der Waals surface area (Å²) in [4.78, 5) is 34.7. The number of benzene rings is 2. The van der Waals surface area contributed by atoms with Gasteiger partial charge in [0.25, 0.3) is 5.91 Å². The molecule has 9 nitrogen and oxygen atoms in total. The Morgan fingerprint density at radius 1 is 1.13 bits per heavy atom. The van der Waals surface area contributed by atoms with Crippen LogP contribution in [0.4, 0.5) is 17.6 Å². The molecule has 2 amide bonds. The molecule has 14 heteroatoms. The summed E-state index contributed by atoms with van der Waals surface area (Å²) in [6, 6.07) is 8.66. The van der Waals surface area contributed by atoms with Crippen molar-refractivity contribution in [2.75, 3.05) is 13.2 Å². The van der Waals surface area contributed by atoms with Gasteiger partial charge in [0.2, 0.25) is 11.5 Å². The van der Waals surface area contributed by atoms with Gasteiger partial charge in [-0.2, -0.15) is 13.2 Å². The summed E-state index contributed by atoms with van der Waals surface area (Å²) in [5.41, 5.74) is 0.0982. The molecule has 2 saturated carbocycles. The molecule has 4 N–H and O–H groups in total. The number of aliphatic hydroxyl groups is 1. The van der Waals surface area contributed by atoms with Crippen molar-refractivity contribution >= 4 is 33.4 Å². The number of fused-ring (bicyclic) bond motifs is 2. The number of rotatable bonds is 9. The van der Waals surface area contributed by atoms with E-state index in [1.807, 2.05) is 0 Å². The highest BCUT2D eigenvalue weighted by Gasteiger charge is 2.57. The molecule has 4 aromatic rings. The van der Waals surface area contributed by atoms with Gasteiger partial charge in [-0.15, -0.1) is 11.3 Å². The predicted octanol–water partition coefficient (Wildman–Crippen LogP) is 5.23. The first-order valence-corrected chi connectivity index (χ1v) is 15.5. The number of ether oxygens (including phenoxy) is 2. The summed E-state index contributed by atoms with van der Waals surface area (Å²) >= 11 is 1.42. The van der Waals surface area contributed by atoms with E-state index in [0.29, 0.717) is 21.9 Å². The maximum absolute atomic E-state index is 14.8. The highest BCUT2D eigenvalue weighted by molar-refractivity contribution is 7.18. The summed E-state index contributed by atoms with van der Waals surface area (Å²) in [5, 5.41) is 14.5. The normalized spacial score (nSPS) is 20.6. The Kier molecular flexibility index (Phi) is 7.01. The molecule has 0 saturated heterocycles. The average Bonchev–Trinajstić information content (AvgIpc) is 3.95. The molecular weight excluding hydrogens is 628 g/mol. The molecule has 7 rings (SSSR count). The van der Waals surface area contributed by atoms with Gasteiger partial charge in [-0.25, -0.2) is 14.4 Å². The van der Waals surface area contributed by atoms with Crippen LogP contribution in [0.2, 0.25) is 0 Å². The first-order valence-electron chi connectivity index (χ1n) is 14.7. The lowest BCUT2D eigenvalue weighted by Crippen LogP contribution is -2.51. The summed E-state index contributed by atoms with van der Waals surface area (Å²) in [6.45, 7) is -0.198. The molecule has 2 aromatic carbocycles. The van der Waals surface area contributed by atoms with E-state index in [9.17, 15) is 32.3 Å². The smallest absolute Gasteiger partial charge is 0.424 e. The lowest BCUT2D eigenvalue weighted by Gasteiger charge is -2.31. The first kappa shape index (κ1) is 30.4. The number of thiazole rings is 1. The summed E-state index contributed by atoms with van der Waals surface area (Å²) in [6.07, 6.45) is -1.61. The van der Waals surface area contributed by atoms with Crippen LogP contribution in [0.1, 0.15) is 65.1 Å². The molecule has 1 unspecified atom stereocenters. The van der Waals surface area contributed by atoms with Crippen LogP contribution in [0.5, 0.6) is 11.5 Å². The number of nitrogens with two attached hydrogens (primary N) is 1. The van der Waals surface area contributed by atoms with Crippen molar-refractivity contribution < 1.29 is 41.7 Å². The topological polar surface area (TPSA) is 137 Å². The number of nitrogens with one attached hydrogen (secondary N) is 1. The number of hydrogen-bond acceptors (Lipinski definition) is 8. The lowest BCUT2D eigenvalue weighted by molar-refractivity contribution is -0.265. The molecular formula is C32H28F4N4O5S. The second-order valence-electron chi connectivity index (χ2n) is 12.2. The minimum absolute atomic E-state index is 0.0147. The summed E-state index contributed by atoms with van der Waals surface area (Å²) in [7, 11) is 0. The molecule has 3 aliphatic rings. The number of amides is 2. The zero-order valence-corrected chi connectivity index (χ0v) is 25.2. The number of pyridine rings is 1. The van der Waals surface area contributed by atoms with Gasteiger partial charge in [0.05, 0.1) is 28.1 Å². The number of hydrogen-bond donors (Lipinski definition) is 3. The minimum Gasteiger partial charge on any atom is -0.489 e. The van der Waals surface area contributed by atoms with Crippen molar-refractivity contribution in [2.24, 2.45) is 5.73 Å². The van der Waals surface area contributed by atoms with Crippen LogP contribution in [0, 0.1) is 5.82 Å². The largest absolute Gasteiger partial charge is 0.489 e. The molecule has 0 radical (unpaired) electrons. The van der Waals surface area contributed by atoms with E-state index in [1.165, 1.54) is 36.5 Å². The second-order valence-corrected chi connectivity index (χ2v) is 13.3. The summed E-state index contributed by atoms with van der Waals surface area (Å²) < 4.78 is 70.5. The van der Waals surface area contributed by atoms with Gasteiger partial charge < -0.3 is 25.6 Å². The van der Waals surface area contributed by atoms with Crippen molar-refractivity contribution in [3.63, 3.8) is 0 Å². The average molecular weight is 657 g/mol. The van der Waals surface area contributed by atoms with Crippen molar-refractivity contribution in [2.45, 2.75) is 61.8 Å². The highest BCUT2D eigenvalue weighted by Crippen LogP contribution is 2.48. The molecule has 46 heavy (non-hydrogen) atoms. The van der Waals surface area contributed by atoms with E-state index in [4.69, 9.17) is 20.2 Å². The zero-order valence-electron chi connectivity index (χ0n) is 24.4. The van der Waals surface area contributed by atoms with Crippen LogP contribution >= 0.6 is 11.3 Å². The van der Waals surface area contributed by atoms with E-state index in [-0.39, 0.29) is 40.8 Å². The quantitative estimate of drug-likeness (QED) is 0.210. The minimum atomic E-state index is -5.34. The van der Waals surface area contributed by atoms with Gasteiger partial charge in [0.1, 0.15) is 40.5 Å².